The van der Waals surface area contributed by atoms with E-state index in [4.69, 9.17) is 9.47 Å². The van der Waals surface area contributed by atoms with E-state index in [2.05, 4.69) is 0 Å². The van der Waals surface area contributed by atoms with E-state index in [-0.39, 0.29) is 11.5 Å². The molecule has 0 atom stereocenters. The highest BCUT2D eigenvalue weighted by Crippen LogP contribution is 2.27. The number of methoxy groups -OCH3 is 2. The van der Waals surface area contributed by atoms with E-state index in [1.165, 1.54) is 0 Å². The smallest absolute Gasteiger partial charge is 0.129 e. The van der Waals surface area contributed by atoms with E-state index in [1.54, 1.807) is 44.6 Å². The SMILES string of the molecule is COc1cc(O)cc(/C=C/c2ccc(O)cc2OC)c1. The maximum atomic E-state index is 9.59. The first kappa shape index (κ1) is 13.8. The molecule has 0 aromatic heterocycles. The van der Waals surface area contributed by atoms with Crippen molar-refractivity contribution in [2.45, 2.75) is 0 Å². The molecule has 0 saturated carbocycles. The van der Waals surface area contributed by atoms with Crippen molar-refractivity contribution in [3.05, 3.63) is 47.5 Å². The number of hydrogen-bond donors (Lipinski definition) is 2. The van der Waals surface area contributed by atoms with Crippen molar-refractivity contribution in [3.63, 3.8) is 0 Å². The van der Waals surface area contributed by atoms with Gasteiger partial charge in [-0.2, -0.15) is 0 Å². The van der Waals surface area contributed by atoms with E-state index in [0.717, 1.165) is 11.1 Å². The van der Waals surface area contributed by atoms with E-state index in [9.17, 15) is 10.2 Å². The highest BCUT2D eigenvalue weighted by Gasteiger charge is 2.02. The first-order chi connectivity index (χ1) is 9.62. The van der Waals surface area contributed by atoms with Gasteiger partial charge in [0.25, 0.3) is 0 Å². The molecule has 0 aliphatic carbocycles. The lowest BCUT2D eigenvalue weighted by Crippen LogP contribution is -1.86. The fraction of sp³-hybridized carbons (Fsp3) is 0.125. The zero-order valence-corrected chi connectivity index (χ0v) is 11.3. The van der Waals surface area contributed by atoms with Crippen LogP contribution < -0.4 is 9.47 Å². The number of ether oxygens (including phenoxy) is 2. The molecule has 0 fully saturated rings. The molecule has 0 unspecified atom stereocenters. The minimum atomic E-state index is 0.140. The van der Waals surface area contributed by atoms with Crippen LogP contribution in [0.3, 0.4) is 0 Å². The quantitative estimate of drug-likeness (QED) is 0.838. The first-order valence-corrected chi connectivity index (χ1v) is 6.05. The van der Waals surface area contributed by atoms with Crippen LogP contribution in [0.1, 0.15) is 11.1 Å². The van der Waals surface area contributed by atoms with Crippen molar-refractivity contribution in [2.24, 2.45) is 0 Å². The summed E-state index contributed by atoms with van der Waals surface area (Å²) in [5, 5.41) is 19.0. The van der Waals surface area contributed by atoms with Gasteiger partial charge >= 0.3 is 0 Å². The number of rotatable bonds is 4. The Morgan fingerprint density at radius 2 is 1.65 bits per heavy atom. The van der Waals surface area contributed by atoms with Crippen molar-refractivity contribution < 1.29 is 19.7 Å². The lowest BCUT2D eigenvalue weighted by molar-refractivity contribution is 0.407. The lowest BCUT2D eigenvalue weighted by atomic mass is 10.1. The van der Waals surface area contributed by atoms with Gasteiger partial charge in [-0.3, -0.25) is 0 Å². The Balaban J connectivity index is 2.31. The van der Waals surface area contributed by atoms with Crippen molar-refractivity contribution in [1.82, 2.24) is 0 Å². The van der Waals surface area contributed by atoms with Crippen LogP contribution in [0, 0.1) is 0 Å². The zero-order valence-electron chi connectivity index (χ0n) is 11.3. The van der Waals surface area contributed by atoms with Gasteiger partial charge in [-0.05, 0) is 29.8 Å². The molecule has 0 spiro atoms. The number of phenols is 2. The summed E-state index contributed by atoms with van der Waals surface area (Å²) in [6, 6.07) is 9.87. The molecule has 4 heteroatoms. The van der Waals surface area contributed by atoms with Gasteiger partial charge in [-0.15, -0.1) is 0 Å². The maximum Gasteiger partial charge on any atom is 0.129 e. The largest absolute Gasteiger partial charge is 0.508 e. The molecule has 0 amide bonds. The normalized spacial score (nSPS) is 10.7. The molecule has 20 heavy (non-hydrogen) atoms. The van der Waals surface area contributed by atoms with Crippen LogP contribution in [0.2, 0.25) is 0 Å². The zero-order chi connectivity index (χ0) is 14.5. The third kappa shape index (κ3) is 3.23. The van der Waals surface area contributed by atoms with Crippen molar-refractivity contribution in [1.29, 1.82) is 0 Å². The minimum Gasteiger partial charge on any atom is -0.508 e. The van der Waals surface area contributed by atoms with E-state index >= 15 is 0 Å². The van der Waals surface area contributed by atoms with Gasteiger partial charge in [0.2, 0.25) is 0 Å². The van der Waals surface area contributed by atoms with Crippen LogP contribution in [0.4, 0.5) is 0 Å². The molecule has 104 valence electrons. The Hall–Kier alpha value is -2.62. The Morgan fingerprint density at radius 1 is 0.850 bits per heavy atom. The molecule has 0 radical (unpaired) electrons. The summed E-state index contributed by atoms with van der Waals surface area (Å²) in [6.45, 7) is 0. The van der Waals surface area contributed by atoms with E-state index < -0.39 is 0 Å². The molecule has 0 saturated heterocycles. The standard InChI is InChI=1S/C16H16O4/c1-19-15-8-11(7-14(18)9-15)3-4-12-5-6-13(17)10-16(12)20-2/h3-10,17-18H,1-2H3/b4-3+. The van der Waals surface area contributed by atoms with E-state index in [0.29, 0.717) is 11.5 Å². The second-order valence-electron chi connectivity index (χ2n) is 4.22. The van der Waals surface area contributed by atoms with Gasteiger partial charge in [-0.1, -0.05) is 12.2 Å². The van der Waals surface area contributed by atoms with Crippen molar-refractivity contribution in [3.8, 4) is 23.0 Å². The molecule has 2 N–H and O–H groups in total. The number of benzene rings is 2. The highest BCUT2D eigenvalue weighted by molar-refractivity contribution is 5.74. The molecule has 4 nitrogen and oxygen atoms in total. The average Bonchev–Trinajstić information content (AvgIpc) is 2.45. The second-order valence-corrected chi connectivity index (χ2v) is 4.22. The molecule has 0 aliphatic heterocycles. The Bertz CT molecular complexity index is 632. The molecule has 0 bridgehead atoms. The summed E-state index contributed by atoms with van der Waals surface area (Å²) < 4.78 is 10.3. The molecule has 2 aromatic rings. The minimum absolute atomic E-state index is 0.140. The van der Waals surface area contributed by atoms with Crippen LogP contribution in [0.25, 0.3) is 12.2 Å². The first-order valence-electron chi connectivity index (χ1n) is 6.05. The Morgan fingerprint density at radius 3 is 2.35 bits per heavy atom. The third-order valence-corrected chi connectivity index (χ3v) is 2.82. The highest BCUT2D eigenvalue weighted by atomic mass is 16.5. The second kappa shape index (κ2) is 6.02. The van der Waals surface area contributed by atoms with Crippen LogP contribution in [-0.2, 0) is 0 Å². The number of hydrogen-bond acceptors (Lipinski definition) is 4. The fourth-order valence-corrected chi connectivity index (χ4v) is 1.84. The topological polar surface area (TPSA) is 58.9 Å². The molecule has 2 rings (SSSR count). The van der Waals surface area contributed by atoms with Crippen LogP contribution >= 0.6 is 0 Å². The van der Waals surface area contributed by atoms with Crippen LogP contribution in [-0.4, -0.2) is 24.4 Å². The monoisotopic (exact) mass is 272 g/mol. The van der Waals surface area contributed by atoms with Gasteiger partial charge in [0.05, 0.1) is 14.2 Å². The molecular weight excluding hydrogens is 256 g/mol. The summed E-state index contributed by atoms with van der Waals surface area (Å²) in [6.07, 6.45) is 3.67. The van der Waals surface area contributed by atoms with Crippen LogP contribution in [0.5, 0.6) is 23.0 Å². The van der Waals surface area contributed by atoms with Gasteiger partial charge in [0, 0.05) is 17.7 Å². The van der Waals surface area contributed by atoms with Crippen molar-refractivity contribution in [2.75, 3.05) is 14.2 Å². The molecule has 0 heterocycles. The van der Waals surface area contributed by atoms with Gasteiger partial charge in [-0.25, -0.2) is 0 Å². The summed E-state index contributed by atoms with van der Waals surface area (Å²) >= 11 is 0. The third-order valence-electron chi connectivity index (χ3n) is 2.82. The Kier molecular flexibility index (Phi) is 4.15. The number of aromatic hydroxyl groups is 2. The molecule has 0 aliphatic rings. The fourth-order valence-electron chi connectivity index (χ4n) is 1.84. The summed E-state index contributed by atoms with van der Waals surface area (Å²) in [4.78, 5) is 0. The van der Waals surface area contributed by atoms with Crippen LogP contribution in [0.15, 0.2) is 36.4 Å². The Labute approximate surface area is 117 Å². The van der Waals surface area contributed by atoms with Crippen molar-refractivity contribution >= 4 is 12.2 Å². The summed E-state index contributed by atoms with van der Waals surface area (Å²) in [5.41, 5.74) is 1.63. The number of phenolic OH excluding ortho intramolecular Hbond substituents is 2. The average molecular weight is 272 g/mol. The predicted octanol–water partition coefficient (Wildman–Crippen LogP) is 3.29. The summed E-state index contributed by atoms with van der Waals surface area (Å²) in [5.74, 6) is 1.45. The predicted molar refractivity (Wildman–Crippen MR) is 78.2 cm³/mol. The molecular formula is C16H16O4. The van der Waals surface area contributed by atoms with E-state index in [1.807, 2.05) is 18.2 Å². The van der Waals surface area contributed by atoms with Gasteiger partial charge < -0.3 is 19.7 Å². The lowest BCUT2D eigenvalue weighted by Gasteiger charge is -2.05. The molecule has 2 aromatic carbocycles. The maximum absolute atomic E-state index is 9.59. The van der Waals surface area contributed by atoms with Gasteiger partial charge in [0.15, 0.2) is 0 Å². The van der Waals surface area contributed by atoms with Gasteiger partial charge in [0.1, 0.15) is 23.0 Å². The summed E-state index contributed by atoms with van der Waals surface area (Å²) in [7, 11) is 3.09.